The number of hydroxylamine groups is 1. The van der Waals surface area contributed by atoms with E-state index in [-0.39, 0.29) is 0 Å². The van der Waals surface area contributed by atoms with Crippen LogP contribution in [-0.4, -0.2) is 23.3 Å². The maximum absolute atomic E-state index is 8.52. The van der Waals surface area contributed by atoms with Gasteiger partial charge in [-0.3, -0.25) is 0 Å². The number of hydrogen-bond acceptors (Lipinski definition) is 3. The van der Waals surface area contributed by atoms with Gasteiger partial charge in [0, 0.05) is 30.2 Å². The normalized spacial score (nSPS) is 11.5. The van der Waals surface area contributed by atoms with Gasteiger partial charge in [0.25, 0.3) is 0 Å². The molecule has 1 aromatic heterocycles. The number of aromatic nitrogens is 1. The summed E-state index contributed by atoms with van der Waals surface area (Å²) in [5.41, 5.74) is 7.07. The number of fused-ring (bicyclic) bond motifs is 1. The highest BCUT2D eigenvalue weighted by Crippen LogP contribution is 2.17. The lowest BCUT2D eigenvalue weighted by Crippen LogP contribution is -2.16. The zero-order valence-electron chi connectivity index (χ0n) is 13.6. The van der Waals surface area contributed by atoms with Gasteiger partial charge >= 0.3 is 0 Å². The molecule has 0 aliphatic rings. The summed E-state index contributed by atoms with van der Waals surface area (Å²) >= 11 is 0. The molecule has 1 heterocycles. The van der Waals surface area contributed by atoms with Crippen molar-refractivity contribution in [2.24, 2.45) is 0 Å². The lowest BCUT2D eigenvalue weighted by molar-refractivity contribution is 0.180. The van der Waals surface area contributed by atoms with Crippen molar-refractivity contribution >= 4 is 17.0 Å². The maximum atomic E-state index is 8.52. The molecule has 0 radical (unpaired) electrons. The van der Waals surface area contributed by atoms with Gasteiger partial charge < -0.3 is 15.5 Å². The van der Waals surface area contributed by atoms with Crippen molar-refractivity contribution in [2.45, 2.75) is 13.0 Å². The zero-order valence-corrected chi connectivity index (χ0v) is 13.6. The summed E-state index contributed by atoms with van der Waals surface area (Å²) in [6.07, 6.45) is 6.99. The van der Waals surface area contributed by atoms with Crippen LogP contribution in [0.2, 0.25) is 0 Å². The van der Waals surface area contributed by atoms with Gasteiger partial charge in [-0.25, -0.2) is 5.48 Å². The Kier molecular flexibility index (Phi) is 5.80. The molecule has 0 unspecified atom stereocenters. The Hall–Kier alpha value is -2.40. The molecule has 0 fully saturated rings. The van der Waals surface area contributed by atoms with E-state index in [0.717, 1.165) is 25.1 Å². The molecule has 3 aromatic rings. The Morgan fingerprint density at radius 2 is 1.88 bits per heavy atom. The van der Waals surface area contributed by atoms with Gasteiger partial charge in [-0.1, -0.05) is 54.6 Å². The smallest absolute Gasteiger partial charge is 0.0456 e. The molecule has 2 aromatic carbocycles. The summed E-state index contributed by atoms with van der Waals surface area (Å²) in [6.45, 7) is 2.27. The van der Waals surface area contributed by atoms with Crippen molar-refractivity contribution in [2.75, 3.05) is 13.1 Å². The number of nitrogens with one attached hydrogen (secondary N) is 3. The van der Waals surface area contributed by atoms with Crippen molar-refractivity contribution in [1.29, 1.82) is 0 Å². The van der Waals surface area contributed by atoms with E-state index >= 15 is 0 Å². The molecule has 0 saturated carbocycles. The number of hydrogen-bond donors (Lipinski definition) is 4. The van der Waals surface area contributed by atoms with Crippen molar-refractivity contribution in [3.05, 3.63) is 77.5 Å². The highest BCUT2D eigenvalue weighted by Gasteiger charge is 2.02. The fourth-order valence-corrected chi connectivity index (χ4v) is 2.79. The van der Waals surface area contributed by atoms with E-state index in [1.165, 1.54) is 22.0 Å². The summed E-state index contributed by atoms with van der Waals surface area (Å²) in [5.74, 6) is 0. The molecule has 0 aliphatic carbocycles. The van der Waals surface area contributed by atoms with Crippen molar-refractivity contribution in [1.82, 2.24) is 15.8 Å². The second kappa shape index (κ2) is 8.45. The van der Waals surface area contributed by atoms with Crippen LogP contribution in [0.5, 0.6) is 0 Å². The molecule has 24 heavy (non-hydrogen) atoms. The third-order valence-corrected chi connectivity index (χ3v) is 4.07. The minimum atomic E-state index is 0.455. The van der Waals surface area contributed by atoms with Crippen LogP contribution in [0.15, 0.2) is 60.8 Å². The van der Waals surface area contributed by atoms with Crippen LogP contribution in [0.4, 0.5) is 0 Å². The summed E-state index contributed by atoms with van der Waals surface area (Å²) in [7, 11) is 0. The van der Waals surface area contributed by atoms with Gasteiger partial charge in [0.1, 0.15) is 0 Å². The molecule has 0 atom stereocenters. The van der Waals surface area contributed by atoms with E-state index < -0.39 is 0 Å². The molecule has 0 bridgehead atoms. The third kappa shape index (κ3) is 4.32. The van der Waals surface area contributed by atoms with E-state index in [9.17, 15) is 0 Å². The SMILES string of the molecule is ONCC=Cc1ccc(CNCCc2c[nH]c3ccccc23)cc1. The summed E-state index contributed by atoms with van der Waals surface area (Å²) in [4.78, 5) is 3.32. The number of aromatic amines is 1. The monoisotopic (exact) mass is 321 g/mol. The van der Waals surface area contributed by atoms with Crippen LogP contribution in [0.25, 0.3) is 17.0 Å². The van der Waals surface area contributed by atoms with Crippen LogP contribution < -0.4 is 10.8 Å². The van der Waals surface area contributed by atoms with Crippen LogP contribution in [-0.2, 0) is 13.0 Å². The molecule has 0 saturated heterocycles. The maximum Gasteiger partial charge on any atom is 0.0456 e. The fraction of sp³-hybridized carbons (Fsp3) is 0.200. The molecule has 4 nitrogen and oxygen atoms in total. The van der Waals surface area contributed by atoms with E-state index in [0.29, 0.717) is 6.54 Å². The Balaban J connectivity index is 1.46. The van der Waals surface area contributed by atoms with Crippen molar-refractivity contribution < 1.29 is 5.21 Å². The Labute approximate surface area is 142 Å². The van der Waals surface area contributed by atoms with Gasteiger partial charge in [-0.05, 0) is 35.7 Å². The van der Waals surface area contributed by atoms with Gasteiger partial charge in [-0.15, -0.1) is 0 Å². The standard InChI is InChI=1S/C20H23N3O/c24-23-12-3-4-16-7-9-17(10-8-16)14-21-13-11-18-15-22-20-6-2-1-5-19(18)20/h1-10,15,21-24H,11-14H2. The summed E-state index contributed by atoms with van der Waals surface area (Å²) < 4.78 is 0. The van der Waals surface area contributed by atoms with Crippen LogP contribution in [0.3, 0.4) is 0 Å². The highest BCUT2D eigenvalue weighted by atomic mass is 16.5. The molecule has 0 amide bonds. The summed E-state index contributed by atoms with van der Waals surface area (Å²) in [6, 6.07) is 16.9. The predicted molar refractivity (Wildman–Crippen MR) is 99.0 cm³/mol. The van der Waals surface area contributed by atoms with Crippen LogP contribution in [0.1, 0.15) is 16.7 Å². The predicted octanol–water partition coefficient (Wildman–Crippen LogP) is 3.49. The van der Waals surface area contributed by atoms with Crippen LogP contribution >= 0.6 is 0 Å². The van der Waals surface area contributed by atoms with E-state index in [4.69, 9.17) is 5.21 Å². The molecule has 0 spiro atoms. The fourth-order valence-electron chi connectivity index (χ4n) is 2.79. The minimum absolute atomic E-state index is 0.455. The molecular weight excluding hydrogens is 298 g/mol. The number of H-pyrrole nitrogens is 1. The van der Waals surface area contributed by atoms with Gasteiger partial charge in [-0.2, -0.15) is 0 Å². The second-order valence-electron chi connectivity index (χ2n) is 5.79. The zero-order chi connectivity index (χ0) is 16.6. The lowest BCUT2D eigenvalue weighted by Gasteiger charge is -2.05. The third-order valence-electron chi connectivity index (χ3n) is 4.07. The first kappa shape index (κ1) is 16.5. The molecule has 0 aliphatic heterocycles. The molecule has 4 N–H and O–H groups in total. The van der Waals surface area contributed by atoms with Crippen LogP contribution in [0, 0.1) is 0 Å². The van der Waals surface area contributed by atoms with Crippen molar-refractivity contribution in [3.63, 3.8) is 0 Å². The van der Waals surface area contributed by atoms with E-state index in [2.05, 4.69) is 70.5 Å². The Morgan fingerprint density at radius 3 is 2.71 bits per heavy atom. The molecular formula is C20H23N3O. The molecule has 4 heteroatoms. The molecule has 124 valence electrons. The average Bonchev–Trinajstić information content (AvgIpc) is 3.03. The number of benzene rings is 2. The second-order valence-corrected chi connectivity index (χ2v) is 5.79. The first-order valence-electron chi connectivity index (χ1n) is 8.25. The quantitative estimate of drug-likeness (QED) is 0.379. The minimum Gasteiger partial charge on any atom is -0.361 e. The topological polar surface area (TPSA) is 60.1 Å². The van der Waals surface area contributed by atoms with E-state index in [1.54, 1.807) is 0 Å². The highest BCUT2D eigenvalue weighted by molar-refractivity contribution is 5.83. The van der Waals surface area contributed by atoms with E-state index in [1.807, 2.05) is 12.2 Å². The summed E-state index contributed by atoms with van der Waals surface area (Å²) in [5, 5.41) is 13.3. The first-order valence-corrected chi connectivity index (χ1v) is 8.25. The first-order chi connectivity index (χ1) is 11.9. The van der Waals surface area contributed by atoms with Gasteiger partial charge in [0.05, 0.1) is 0 Å². The largest absolute Gasteiger partial charge is 0.361 e. The Bertz CT molecular complexity index is 790. The molecule has 3 rings (SSSR count). The Morgan fingerprint density at radius 1 is 1.04 bits per heavy atom. The van der Waals surface area contributed by atoms with Gasteiger partial charge in [0.15, 0.2) is 0 Å². The number of rotatable bonds is 8. The average molecular weight is 321 g/mol. The number of para-hydroxylation sites is 1. The van der Waals surface area contributed by atoms with Gasteiger partial charge in [0.2, 0.25) is 0 Å². The lowest BCUT2D eigenvalue weighted by atomic mass is 10.1. The van der Waals surface area contributed by atoms with Crippen molar-refractivity contribution in [3.8, 4) is 0 Å².